The van der Waals surface area contributed by atoms with E-state index in [1.807, 2.05) is 43.3 Å². The molecular formula is C32H44N2O8. The highest BCUT2D eigenvalue weighted by atomic mass is 16.5. The maximum Gasteiger partial charge on any atom is 0.305 e. The molecule has 2 rings (SSSR count). The van der Waals surface area contributed by atoms with E-state index in [9.17, 15) is 24.3 Å². The van der Waals surface area contributed by atoms with Crippen molar-refractivity contribution in [2.24, 2.45) is 0 Å². The molecule has 0 aliphatic carbocycles. The van der Waals surface area contributed by atoms with Gasteiger partial charge in [-0.3, -0.25) is 19.2 Å². The van der Waals surface area contributed by atoms with Gasteiger partial charge in [0, 0.05) is 24.2 Å². The minimum Gasteiger partial charge on any atom is -0.469 e. The zero-order valence-electron chi connectivity index (χ0n) is 24.8. The standard InChI is InChI=1S/C18H25NO4.C14H19NO4/c1-14(2)13-23-16(11-7-8-12-17(20)22-3)18(21)19-15-9-5-4-6-10-15;1-19-13(17)10-6-5-9-12(16)14(18)15-11-7-3-2-4-8-11/h4-6,9-10,16H,1,7-8,11-13H2,2-3H3,(H,19,21);2-4,7-8,12,16H,5-6,9-10H2,1H3,(H,15,18). The van der Waals surface area contributed by atoms with Crippen molar-refractivity contribution in [2.45, 2.75) is 70.5 Å². The summed E-state index contributed by atoms with van der Waals surface area (Å²) in [6.07, 6.45) is 2.48. The SMILES string of the molecule is C=C(C)COC(CCCCC(=O)OC)C(=O)Nc1ccccc1.COC(=O)CCCCC(O)C(=O)Nc1ccccc1. The number of para-hydroxylation sites is 2. The molecule has 0 fully saturated rings. The summed E-state index contributed by atoms with van der Waals surface area (Å²) in [4.78, 5) is 46.0. The third kappa shape index (κ3) is 16.9. The Labute approximate surface area is 248 Å². The number of methoxy groups -OCH3 is 2. The van der Waals surface area contributed by atoms with E-state index in [2.05, 4.69) is 26.7 Å². The van der Waals surface area contributed by atoms with Crippen molar-refractivity contribution in [3.8, 4) is 0 Å². The summed E-state index contributed by atoms with van der Waals surface area (Å²) in [5.41, 5.74) is 2.24. The fourth-order valence-corrected chi connectivity index (χ4v) is 3.57. The van der Waals surface area contributed by atoms with E-state index in [-0.39, 0.29) is 17.8 Å². The van der Waals surface area contributed by atoms with Crippen LogP contribution in [0.25, 0.3) is 0 Å². The molecule has 0 radical (unpaired) electrons. The number of esters is 2. The highest BCUT2D eigenvalue weighted by Crippen LogP contribution is 2.13. The molecule has 10 heteroatoms. The molecule has 0 aliphatic heterocycles. The van der Waals surface area contributed by atoms with Crippen LogP contribution in [0.2, 0.25) is 0 Å². The van der Waals surface area contributed by atoms with Gasteiger partial charge in [-0.05, 0) is 69.7 Å². The van der Waals surface area contributed by atoms with E-state index in [0.717, 1.165) is 11.3 Å². The normalized spacial score (nSPS) is 11.6. The number of amides is 2. The Morgan fingerprint density at radius 1 is 0.738 bits per heavy atom. The zero-order chi connectivity index (χ0) is 31.2. The molecular weight excluding hydrogens is 540 g/mol. The number of ether oxygens (including phenoxy) is 3. The fraction of sp³-hybridized carbons (Fsp3) is 0.438. The van der Waals surface area contributed by atoms with Crippen molar-refractivity contribution < 1.29 is 38.5 Å². The lowest BCUT2D eigenvalue weighted by Gasteiger charge is -2.17. The van der Waals surface area contributed by atoms with Gasteiger partial charge in [0.05, 0.1) is 20.8 Å². The molecule has 10 nitrogen and oxygen atoms in total. The molecule has 0 spiro atoms. The number of carbonyl (C=O) groups excluding carboxylic acids is 4. The van der Waals surface area contributed by atoms with Gasteiger partial charge in [-0.15, -0.1) is 0 Å². The molecule has 2 aromatic rings. The van der Waals surface area contributed by atoms with Crippen LogP contribution in [0.3, 0.4) is 0 Å². The van der Waals surface area contributed by atoms with E-state index in [1.165, 1.54) is 14.2 Å². The predicted octanol–water partition coefficient (Wildman–Crippen LogP) is 5.04. The fourth-order valence-electron chi connectivity index (χ4n) is 3.57. The molecule has 2 atom stereocenters. The third-order valence-electron chi connectivity index (χ3n) is 5.87. The second kappa shape index (κ2) is 21.7. The molecule has 230 valence electrons. The molecule has 0 saturated heterocycles. The first-order chi connectivity index (χ1) is 20.2. The largest absolute Gasteiger partial charge is 0.469 e. The average molecular weight is 585 g/mol. The maximum absolute atomic E-state index is 12.4. The van der Waals surface area contributed by atoms with Crippen LogP contribution < -0.4 is 10.6 Å². The summed E-state index contributed by atoms with van der Waals surface area (Å²) in [6, 6.07) is 18.2. The van der Waals surface area contributed by atoms with Gasteiger partial charge in [0.25, 0.3) is 11.8 Å². The molecule has 0 heterocycles. The molecule has 3 N–H and O–H groups in total. The Morgan fingerprint density at radius 2 is 1.19 bits per heavy atom. The minimum atomic E-state index is -1.06. The van der Waals surface area contributed by atoms with Crippen LogP contribution in [0.1, 0.15) is 58.3 Å². The van der Waals surface area contributed by atoms with Crippen molar-refractivity contribution >= 4 is 35.1 Å². The smallest absolute Gasteiger partial charge is 0.305 e. The van der Waals surface area contributed by atoms with E-state index in [4.69, 9.17) is 4.74 Å². The summed E-state index contributed by atoms with van der Waals surface area (Å²) in [5.74, 6) is -1.12. The quantitative estimate of drug-likeness (QED) is 0.133. The van der Waals surface area contributed by atoms with Gasteiger partial charge in [-0.2, -0.15) is 0 Å². The monoisotopic (exact) mass is 584 g/mol. The van der Waals surface area contributed by atoms with Crippen LogP contribution >= 0.6 is 0 Å². The lowest BCUT2D eigenvalue weighted by Crippen LogP contribution is -2.31. The highest BCUT2D eigenvalue weighted by molar-refractivity contribution is 5.94. The zero-order valence-corrected chi connectivity index (χ0v) is 24.8. The summed E-state index contributed by atoms with van der Waals surface area (Å²) in [6.45, 7) is 5.97. The van der Waals surface area contributed by atoms with Gasteiger partial charge >= 0.3 is 11.9 Å². The first-order valence-corrected chi connectivity index (χ1v) is 14.0. The Morgan fingerprint density at radius 3 is 1.64 bits per heavy atom. The average Bonchev–Trinajstić information content (AvgIpc) is 2.99. The minimum absolute atomic E-state index is 0.185. The number of rotatable bonds is 17. The van der Waals surface area contributed by atoms with E-state index < -0.39 is 18.1 Å². The number of hydrogen-bond donors (Lipinski definition) is 3. The summed E-state index contributed by atoms with van der Waals surface area (Å²) < 4.78 is 14.7. The molecule has 2 aromatic carbocycles. The van der Waals surface area contributed by atoms with Gasteiger partial charge < -0.3 is 30.0 Å². The Balaban J connectivity index is 0.000000428. The number of anilines is 2. The second-order valence-electron chi connectivity index (χ2n) is 9.63. The van der Waals surface area contributed by atoms with Crippen LogP contribution in [0.4, 0.5) is 11.4 Å². The number of hydrogen-bond acceptors (Lipinski definition) is 8. The lowest BCUT2D eigenvalue weighted by molar-refractivity contribution is -0.141. The van der Waals surface area contributed by atoms with Crippen molar-refractivity contribution in [1.82, 2.24) is 0 Å². The van der Waals surface area contributed by atoms with E-state index in [0.29, 0.717) is 63.7 Å². The molecule has 0 aromatic heterocycles. The second-order valence-corrected chi connectivity index (χ2v) is 9.63. The molecule has 0 saturated carbocycles. The highest BCUT2D eigenvalue weighted by Gasteiger charge is 2.19. The Bertz CT molecular complexity index is 1090. The van der Waals surface area contributed by atoms with Gasteiger partial charge in [0.15, 0.2) is 0 Å². The number of aliphatic hydroxyl groups is 1. The molecule has 42 heavy (non-hydrogen) atoms. The van der Waals surface area contributed by atoms with E-state index in [1.54, 1.807) is 24.3 Å². The van der Waals surface area contributed by atoms with Gasteiger partial charge in [-0.1, -0.05) is 48.6 Å². The number of benzene rings is 2. The van der Waals surface area contributed by atoms with Gasteiger partial charge in [-0.25, -0.2) is 0 Å². The molecule has 0 bridgehead atoms. The maximum atomic E-state index is 12.4. The first kappa shape index (κ1) is 36.0. The van der Waals surface area contributed by atoms with Crippen LogP contribution in [-0.2, 0) is 33.4 Å². The van der Waals surface area contributed by atoms with Crippen LogP contribution in [-0.4, -0.2) is 61.9 Å². The molecule has 2 unspecified atom stereocenters. The molecule has 2 amide bonds. The predicted molar refractivity (Wildman–Crippen MR) is 162 cm³/mol. The van der Waals surface area contributed by atoms with Crippen LogP contribution in [0, 0.1) is 0 Å². The summed E-state index contributed by atoms with van der Waals surface area (Å²) >= 11 is 0. The van der Waals surface area contributed by atoms with Crippen LogP contribution in [0.15, 0.2) is 72.8 Å². The van der Waals surface area contributed by atoms with Gasteiger partial charge in [0.1, 0.15) is 12.2 Å². The van der Waals surface area contributed by atoms with Crippen molar-refractivity contribution in [1.29, 1.82) is 0 Å². The number of aliphatic hydroxyl groups excluding tert-OH is 1. The Kier molecular flexibility index (Phi) is 18.6. The number of nitrogens with one attached hydrogen (secondary N) is 2. The summed E-state index contributed by atoms with van der Waals surface area (Å²) in [5, 5.41) is 15.1. The Hall–Kier alpha value is -4.02. The molecule has 0 aliphatic rings. The number of unbranched alkanes of at least 4 members (excludes halogenated alkanes) is 2. The lowest BCUT2D eigenvalue weighted by atomic mass is 10.1. The van der Waals surface area contributed by atoms with Crippen LogP contribution in [0.5, 0.6) is 0 Å². The summed E-state index contributed by atoms with van der Waals surface area (Å²) in [7, 11) is 2.71. The first-order valence-electron chi connectivity index (χ1n) is 14.0. The van der Waals surface area contributed by atoms with Gasteiger partial charge in [0.2, 0.25) is 0 Å². The van der Waals surface area contributed by atoms with E-state index >= 15 is 0 Å². The van der Waals surface area contributed by atoms with Crippen molar-refractivity contribution in [3.63, 3.8) is 0 Å². The van der Waals surface area contributed by atoms with Crippen molar-refractivity contribution in [3.05, 3.63) is 72.8 Å². The number of carbonyl (C=O) groups is 4. The third-order valence-corrected chi connectivity index (χ3v) is 5.87. The van der Waals surface area contributed by atoms with Crippen molar-refractivity contribution in [2.75, 3.05) is 31.5 Å². The topological polar surface area (TPSA) is 140 Å².